The largest absolute Gasteiger partial charge is 0.465 e. The molecule has 1 aliphatic rings. The van der Waals surface area contributed by atoms with Crippen LogP contribution in [-0.4, -0.2) is 73.3 Å². The molecule has 1 aliphatic heterocycles. The molecule has 3 amide bonds. The Bertz CT molecular complexity index is 711. The van der Waals surface area contributed by atoms with Crippen molar-refractivity contribution in [3.8, 4) is 0 Å². The van der Waals surface area contributed by atoms with Crippen molar-refractivity contribution in [2.45, 2.75) is 13.8 Å². The molecule has 0 radical (unpaired) electrons. The summed E-state index contributed by atoms with van der Waals surface area (Å²) >= 11 is 0. The molecular weight excluding hydrogens is 338 g/mol. The molecule has 0 aliphatic carbocycles. The van der Waals surface area contributed by atoms with E-state index >= 15 is 0 Å². The number of methoxy groups -OCH3 is 1. The second-order valence-corrected chi connectivity index (χ2v) is 6.03. The number of anilines is 1. The second-order valence-electron chi connectivity index (χ2n) is 6.03. The van der Waals surface area contributed by atoms with Gasteiger partial charge in [0.2, 0.25) is 17.7 Å². The summed E-state index contributed by atoms with van der Waals surface area (Å²) < 4.78 is 4.69. The molecule has 1 aromatic carbocycles. The van der Waals surface area contributed by atoms with Gasteiger partial charge in [-0.25, -0.2) is 4.79 Å². The van der Waals surface area contributed by atoms with Gasteiger partial charge >= 0.3 is 5.97 Å². The molecule has 1 heterocycles. The molecule has 0 N–H and O–H groups in total. The monoisotopic (exact) mass is 361 g/mol. The minimum atomic E-state index is -0.512. The van der Waals surface area contributed by atoms with E-state index in [1.54, 1.807) is 28.0 Å². The third-order valence-corrected chi connectivity index (χ3v) is 4.33. The van der Waals surface area contributed by atoms with E-state index in [2.05, 4.69) is 4.74 Å². The average molecular weight is 361 g/mol. The third kappa shape index (κ3) is 4.59. The van der Waals surface area contributed by atoms with Gasteiger partial charge in [-0.2, -0.15) is 0 Å². The minimum absolute atomic E-state index is 0.0120. The highest BCUT2D eigenvalue weighted by Crippen LogP contribution is 2.18. The molecule has 26 heavy (non-hydrogen) atoms. The smallest absolute Gasteiger partial charge is 0.337 e. The Morgan fingerprint density at radius 3 is 2.19 bits per heavy atom. The fourth-order valence-electron chi connectivity index (χ4n) is 2.81. The van der Waals surface area contributed by atoms with E-state index < -0.39 is 5.97 Å². The number of rotatable bonds is 4. The zero-order chi connectivity index (χ0) is 19.3. The first-order chi connectivity index (χ1) is 12.3. The predicted molar refractivity (Wildman–Crippen MR) is 94.6 cm³/mol. The van der Waals surface area contributed by atoms with Gasteiger partial charge in [0.1, 0.15) is 6.54 Å². The summed E-state index contributed by atoms with van der Waals surface area (Å²) in [6, 6.07) is 6.40. The van der Waals surface area contributed by atoms with Crippen LogP contribution in [0.5, 0.6) is 0 Å². The van der Waals surface area contributed by atoms with Crippen molar-refractivity contribution >= 4 is 29.4 Å². The van der Waals surface area contributed by atoms with Crippen LogP contribution in [0.3, 0.4) is 0 Å². The number of ether oxygens (including phenoxy) is 1. The SMILES string of the molecule is COC(=O)c1cccc(N(CC(=O)N2CCN(C(C)=O)CC2)C(C)=O)c1. The maximum Gasteiger partial charge on any atom is 0.337 e. The number of hydrogen-bond acceptors (Lipinski definition) is 5. The Hall–Kier alpha value is -2.90. The van der Waals surface area contributed by atoms with Gasteiger partial charge < -0.3 is 19.4 Å². The third-order valence-electron chi connectivity index (χ3n) is 4.33. The summed E-state index contributed by atoms with van der Waals surface area (Å²) in [5.41, 5.74) is 0.759. The Labute approximate surface area is 152 Å². The first-order valence-corrected chi connectivity index (χ1v) is 8.33. The molecule has 1 saturated heterocycles. The molecule has 0 atom stereocenters. The summed E-state index contributed by atoms with van der Waals surface area (Å²) in [7, 11) is 1.28. The maximum atomic E-state index is 12.6. The van der Waals surface area contributed by atoms with Crippen LogP contribution in [0.2, 0.25) is 0 Å². The number of nitrogens with zero attached hydrogens (tertiary/aromatic N) is 3. The molecule has 0 spiro atoms. The van der Waals surface area contributed by atoms with Gasteiger partial charge in [-0.05, 0) is 18.2 Å². The van der Waals surface area contributed by atoms with Crippen LogP contribution >= 0.6 is 0 Å². The first kappa shape index (κ1) is 19.4. The van der Waals surface area contributed by atoms with Gasteiger partial charge in [-0.1, -0.05) is 6.07 Å². The Kier molecular flexibility index (Phi) is 6.32. The van der Waals surface area contributed by atoms with Crippen molar-refractivity contribution in [3.63, 3.8) is 0 Å². The fraction of sp³-hybridized carbons (Fsp3) is 0.444. The lowest BCUT2D eigenvalue weighted by Crippen LogP contribution is -2.52. The molecule has 0 unspecified atom stereocenters. The second kappa shape index (κ2) is 8.46. The zero-order valence-electron chi connectivity index (χ0n) is 15.2. The summed E-state index contributed by atoms with van der Waals surface area (Å²) in [6.45, 7) is 4.59. The Morgan fingerprint density at radius 1 is 1.04 bits per heavy atom. The van der Waals surface area contributed by atoms with Crippen LogP contribution in [0.15, 0.2) is 24.3 Å². The number of piperazine rings is 1. The zero-order valence-corrected chi connectivity index (χ0v) is 15.2. The number of hydrogen-bond donors (Lipinski definition) is 0. The molecule has 8 nitrogen and oxygen atoms in total. The van der Waals surface area contributed by atoms with E-state index in [4.69, 9.17) is 0 Å². The molecule has 0 bridgehead atoms. The molecule has 8 heteroatoms. The van der Waals surface area contributed by atoms with Crippen molar-refractivity contribution in [2.75, 3.05) is 44.7 Å². The Balaban J connectivity index is 2.09. The molecule has 1 aromatic rings. The first-order valence-electron chi connectivity index (χ1n) is 8.33. The van der Waals surface area contributed by atoms with Crippen molar-refractivity contribution in [1.82, 2.24) is 9.80 Å². The molecule has 0 aromatic heterocycles. The number of benzene rings is 1. The standard InChI is InChI=1S/C18H23N3O5/c1-13(22)19-7-9-20(10-8-19)17(24)12-21(14(2)23)16-6-4-5-15(11-16)18(25)26-3/h4-6,11H,7-10,12H2,1-3H3. The van der Waals surface area contributed by atoms with Gasteiger partial charge in [0.05, 0.1) is 12.7 Å². The van der Waals surface area contributed by atoms with Crippen molar-refractivity contribution in [3.05, 3.63) is 29.8 Å². The van der Waals surface area contributed by atoms with Gasteiger partial charge in [-0.15, -0.1) is 0 Å². The lowest BCUT2D eigenvalue weighted by Gasteiger charge is -2.35. The number of amides is 3. The highest BCUT2D eigenvalue weighted by molar-refractivity contribution is 5.99. The highest BCUT2D eigenvalue weighted by atomic mass is 16.5. The van der Waals surface area contributed by atoms with Crippen LogP contribution in [0.25, 0.3) is 0 Å². The van der Waals surface area contributed by atoms with Crippen LogP contribution in [0.1, 0.15) is 24.2 Å². The molecule has 1 fully saturated rings. The van der Waals surface area contributed by atoms with Crippen LogP contribution < -0.4 is 4.90 Å². The van der Waals surface area contributed by atoms with Gasteiger partial charge in [-0.3, -0.25) is 14.4 Å². The van der Waals surface area contributed by atoms with Crippen molar-refractivity contribution < 1.29 is 23.9 Å². The van der Waals surface area contributed by atoms with Gasteiger partial charge in [0.25, 0.3) is 0 Å². The summed E-state index contributed by atoms with van der Waals surface area (Å²) in [4.78, 5) is 52.3. The van der Waals surface area contributed by atoms with Gasteiger partial charge in [0, 0.05) is 45.7 Å². The normalized spacial score (nSPS) is 14.0. The number of carbonyl (C=O) groups excluding carboxylic acids is 4. The molecule has 0 saturated carbocycles. The summed E-state index contributed by atoms with van der Waals surface area (Å²) in [6.07, 6.45) is 0. The summed E-state index contributed by atoms with van der Waals surface area (Å²) in [5, 5.41) is 0. The highest BCUT2D eigenvalue weighted by Gasteiger charge is 2.25. The lowest BCUT2D eigenvalue weighted by atomic mass is 10.2. The van der Waals surface area contributed by atoms with Crippen LogP contribution in [0, 0.1) is 0 Å². The van der Waals surface area contributed by atoms with E-state index in [0.29, 0.717) is 37.4 Å². The fourth-order valence-corrected chi connectivity index (χ4v) is 2.81. The lowest BCUT2D eigenvalue weighted by molar-refractivity contribution is -0.137. The topological polar surface area (TPSA) is 87.2 Å². The van der Waals surface area contributed by atoms with E-state index in [1.807, 2.05) is 0 Å². The van der Waals surface area contributed by atoms with Crippen molar-refractivity contribution in [2.24, 2.45) is 0 Å². The number of esters is 1. The van der Waals surface area contributed by atoms with E-state index in [9.17, 15) is 19.2 Å². The van der Waals surface area contributed by atoms with E-state index in [1.165, 1.54) is 31.9 Å². The average Bonchev–Trinajstić information content (AvgIpc) is 2.65. The molecule has 140 valence electrons. The molecule has 2 rings (SSSR count). The van der Waals surface area contributed by atoms with Gasteiger partial charge in [0.15, 0.2) is 0 Å². The number of carbonyl (C=O) groups is 4. The maximum absolute atomic E-state index is 12.6. The quantitative estimate of drug-likeness (QED) is 0.730. The minimum Gasteiger partial charge on any atom is -0.465 e. The van der Waals surface area contributed by atoms with Crippen LogP contribution in [0.4, 0.5) is 5.69 Å². The predicted octanol–water partition coefficient (Wildman–Crippen LogP) is 0.517. The van der Waals surface area contributed by atoms with Crippen molar-refractivity contribution in [1.29, 1.82) is 0 Å². The van der Waals surface area contributed by atoms with E-state index in [-0.39, 0.29) is 24.3 Å². The Morgan fingerprint density at radius 2 is 1.65 bits per heavy atom. The summed E-state index contributed by atoms with van der Waals surface area (Å²) in [5.74, 6) is -1.03. The molecular formula is C18H23N3O5. The van der Waals surface area contributed by atoms with Crippen LogP contribution in [-0.2, 0) is 19.1 Å². The van der Waals surface area contributed by atoms with E-state index in [0.717, 1.165) is 0 Å².